The normalized spacial score (nSPS) is 14.6. The molecule has 0 fully saturated rings. The number of hydrogen-bond donors (Lipinski definition) is 1. The van der Waals surface area contributed by atoms with Crippen molar-refractivity contribution in [2.45, 2.75) is 33.6 Å². The molecular weight excluding hydrogens is 468 g/mol. The average molecular weight is 495 g/mol. The summed E-state index contributed by atoms with van der Waals surface area (Å²) in [6.45, 7) is 8.22. The van der Waals surface area contributed by atoms with E-state index < -0.39 is 11.9 Å². The average Bonchev–Trinajstić information content (AvgIpc) is 3.19. The van der Waals surface area contributed by atoms with Crippen LogP contribution in [0, 0.1) is 32.1 Å². The third-order valence-electron chi connectivity index (χ3n) is 6.67. The molecule has 3 aromatic carbocycles. The third kappa shape index (κ3) is 4.17. The van der Waals surface area contributed by atoms with Gasteiger partial charge in [0.25, 0.3) is 0 Å². The highest BCUT2D eigenvalue weighted by molar-refractivity contribution is 5.97. The predicted octanol–water partition coefficient (Wildman–Crippen LogP) is 6.19. The van der Waals surface area contributed by atoms with Gasteiger partial charge in [0.05, 0.1) is 12.5 Å². The lowest BCUT2D eigenvalue weighted by molar-refractivity contribution is 0.0702. The largest absolute Gasteiger partial charge is 0.494 e. The number of nitrogens with zero attached hydrogens (tertiary/aromatic N) is 1. The SMILES string of the molecule is CCOc1ccccc1C1C(C#N)=C(N)Oc2cc(OC(=O)c3oc4cc(C)c(C)cc4c3C)ccc21. The quantitative estimate of drug-likeness (QED) is 0.260. The van der Waals surface area contributed by atoms with Gasteiger partial charge in [0.2, 0.25) is 11.6 Å². The van der Waals surface area contributed by atoms with Crippen LogP contribution in [0.4, 0.5) is 0 Å². The number of para-hydroxylation sites is 1. The second-order valence-electron chi connectivity index (χ2n) is 8.97. The molecule has 1 aliphatic rings. The number of carbonyl (C=O) groups excluding carboxylic acids is 1. The fraction of sp³-hybridized carbons (Fsp3) is 0.200. The molecule has 2 heterocycles. The Morgan fingerprint density at radius 3 is 2.57 bits per heavy atom. The van der Waals surface area contributed by atoms with E-state index in [1.54, 1.807) is 18.2 Å². The van der Waals surface area contributed by atoms with Gasteiger partial charge in [0.1, 0.15) is 34.5 Å². The highest BCUT2D eigenvalue weighted by atomic mass is 16.5. The molecule has 0 saturated carbocycles. The molecule has 4 aromatic rings. The fourth-order valence-electron chi connectivity index (χ4n) is 4.65. The van der Waals surface area contributed by atoms with Crippen molar-refractivity contribution in [2.75, 3.05) is 6.61 Å². The minimum Gasteiger partial charge on any atom is -0.494 e. The zero-order valence-corrected chi connectivity index (χ0v) is 21.0. The van der Waals surface area contributed by atoms with Gasteiger partial charge < -0.3 is 24.4 Å². The number of esters is 1. The van der Waals surface area contributed by atoms with Gasteiger partial charge in [-0.05, 0) is 63.1 Å². The van der Waals surface area contributed by atoms with E-state index in [0.717, 1.165) is 27.6 Å². The maximum atomic E-state index is 13.1. The number of nitriles is 1. The van der Waals surface area contributed by atoms with Crippen LogP contribution in [0.5, 0.6) is 17.2 Å². The van der Waals surface area contributed by atoms with E-state index in [1.165, 1.54) is 0 Å². The number of furan rings is 1. The predicted molar refractivity (Wildman–Crippen MR) is 139 cm³/mol. The summed E-state index contributed by atoms with van der Waals surface area (Å²) in [5.41, 5.74) is 11.5. The second kappa shape index (κ2) is 9.40. The topological polar surface area (TPSA) is 108 Å². The lowest BCUT2D eigenvalue weighted by Crippen LogP contribution is -2.21. The van der Waals surface area contributed by atoms with E-state index in [-0.39, 0.29) is 23.0 Å². The first-order valence-electron chi connectivity index (χ1n) is 12.0. The van der Waals surface area contributed by atoms with Crippen LogP contribution < -0.4 is 19.9 Å². The molecule has 2 N–H and O–H groups in total. The van der Waals surface area contributed by atoms with Gasteiger partial charge in [0, 0.05) is 28.1 Å². The Morgan fingerprint density at radius 1 is 1.05 bits per heavy atom. The molecule has 0 spiro atoms. The summed E-state index contributed by atoms with van der Waals surface area (Å²) < 4.78 is 23.1. The monoisotopic (exact) mass is 494 g/mol. The number of hydrogen-bond acceptors (Lipinski definition) is 7. The Kier molecular flexibility index (Phi) is 6.10. The van der Waals surface area contributed by atoms with Crippen molar-refractivity contribution >= 4 is 16.9 Å². The number of carbonyl (C=O) groups is 1. The number of allylic oxidation sites excluding steroid dienone is 1. The molecule has 0 saturated heterocycles. The zero-order chi connectivity index (χ0) is 26.3. The van der Waals surface area contributed by atoms with Crippen molar-refractivity contribution in [1.29, 1.82) is 5.26 Å². The van der Waals surface area contributed by atoms with Crippen LogP contribution in [0.25, 0.3) is 11.0 Å². The van der Waals surface area contributed by atoms with Crippen LogP contribution in [-0.4, -0.2) is 12.6 Å². The number of ether oxygens (including phenoxy) is 3. The summed E-state index contributed by atoms with van der Waals surface area (Å²) in [6, 6.07) is 18.7. The van der Waals surface area contributed by atoms with E-state index in [9.17, 15) is 10.1 Å². The van der Waals surface area contributed by atoms with Crippen LogP contribution in [0.3, 0.4) is 0 Å². The molecule has 1 atom stereocenters. The molecule has 186 valence electrons. The zero-order valence-electron chi connectivity index (χ0n) is 21.0. The Bertz CT molecular complexity index is 1620. The summed E-state index contributed by atoms with van der Waals surface area (Å²) >= 11 is 0. The fourth-order valence-corrected chi connectivity index (χ4v) is 4.65. The van der Waals surface area contributed by atoms with Crippen molar-refractivity contribution in [2.24, 2.45) is 5.73 Å². The van der Waals surface area contributed by atoms with Crippen LogP contribution in [0.1, 0.15) is 51.2 Å². The van der Waals surface area contributed by atoms with Crippen molar-refractivity contribution in [3.8, 4) is 23.3 Å². The molecule has 1 aromatic heterocycles. The Hall–Kier alpha value is -4.70. The van der Waals surface area contributed by atoms with Gasteiger partial charge in [-0.25, -0.2) is 4.79 Å². The first kappa shape index (κ1) is 24.0. The van der Waals surface area contributed by atoms with Crippen molar-refractivity contribution in [1.82, 2.24) is 0 Å². The van der Waals surface area contributed by atoms with E-state index in [0.29, 0.717) is 29.3 Å². The summed E-state index contributed by atoms with van der Waals surface area (Å²) in [6.07, 6.45) is 0. The maximum absolute atomic E-state index is 13.1. The number of rotatable bonds is 5. The summed E-state index contributed by atoms with van der Waals surface area (Å²) in [4.78, 5) is 13.1. The molecule has 0 amide bonds. The molecule has 5 rings (SSSR count). The number of benzene rings is 3. The van der Waals surface area contributed by atoms with Crippen molar-refractivity contribution in [3.05, 3.63) is 99.6 Å². The minimum atomic E-state index is -0.612. The van der Waals surface area contributed by atoms with E-state index in [4.69, 9.17) is 24.4 Å². The number of aryl methyl sites for hydroxylation is 3. The van der Waals surface area contributed by atoms with Crippen LogP contribution in [0.2, 0.25) is 0 Å². The van der Waals surface area contributed by atoms with Gasteiger partial charge >= 0.3 is 5.97 Å². The van der Waals surface area contributed by atoms with E-state index in [1.807, 2.05) is 64.1 Å². The van der Waals surface area contributed by atoms with E-state index >= 15 is 0 Å². The minimum absolute atomic E-state index is 0.00588. The third-order valence-corrected chi connectivity index (χ3v) is 6.67. The molecule has 7 nitrogen and oxygen atoms in total. The van der Waals surface area contributed by atoms with Gasteiger partial charge in [-0.3, -0.25) is 0 Å². The van der Waals surface area contributed by atoms with Crippen LogP contribution in [0.15, 0.2) is 70.5 Å². The Labute approximate surface area is 214 Å². The van der Waals surface area contributed by atoms with Gasteiger partial charge in [-0.1, -0.05) is 24.3 Å². The van der Waals surface area contributed by atoms with Gasteiger partial charge in [-0.15, -0.1) is 0 Å². The van der Waals surface area contributed by atoms with Gasteiger partial charge in [-0.2, -0.15) is 5.26 Å². The molecule has 1 unspecified atom stereocenters. The van der Waals surface area contributed by atoms with Crippen molar-refractivity contribution < 1.29 is 23.4 Å². The molecule has 0 aliphatic carbocycles. The second-order valence-corrected chi connectivity index (χ2v) is 8.97. The van der Waals surface area contributed by atoms with Crippen LogP contribution in [-0.2, 0) is 0 Å². The highest BCUT2D eigenvalue weighted by Gasteiger charge is 2.33. The molecule has 0 radical (unpaired) electrons. The number of fused-ring (bicyclic) bond motifs is 2. The molecule has 37 heavy (non-hydrogen) atoms. The number of nitrogens with two attached hydrogens (primary N) is 1. The lowest BCUT2D eigenvalue weighted by Gasteiger charge is -2.27. The van der Waals surface area contributed by atoms with Crippen LogP contribution >= 0.6 is 0 Å². The first-order valence-corrected chi connectivity index (χ1v) is 12.0. The first-order chi connectivity index (χ1) is 17.8. The van der Waals surface area contributed by atoms with Gasteiger partial charge in [0.15, 0.2) is 0 Å². The standard InChI is InChI=1S/C30H26N2O5/c1-5-34-24-9-7-6-8-20(24)27-21-11-10-19(14-26(21)37-29(32)23(27)15-31)35-30(33)28-18(4)22-12-16(2)17(3)13-25(22)36-28/h6-14,27H,5,32H2,1-4H3. The Morgan fingerprint density at radius 2 is 1.81 bits per heavy atom. The molecule has 0 bridgehead atoms. The van der Waals surface area contributed by atoms with Crippen molar-refractivity contribution in [3.63, 3.8) is 0 Å². The smallest absolute Gasteiger partial charge is 0.379 e. The summed E-state index contributed by atoms with van der Waals surface area (Å²) in [7, 11) is 0. The summed E-state index contributed by atoms with van der Waals surface area (Å²) in [5, 5.41) is 10.7. The molecular formula is C30H26N2O5. The molecule has 7 heteroatoms. The van der Waals surface area contributed by atoms with E-state index in [2.05, 4.69) is 6.07 Å². The highest BCUT2D eigenvalue weighted by Crippen LogP contribution is 2.46. The maximum Gasteiger partial charge on any atom is 0.379 e. The lowest BCUT2D eigenvalue weighted by atomic mass is 9.83. The molecule has 1 aliphatic heterocycles. The Balaban J connectivity index is 1.51. The summed E-state index contributed by atoms with van der Waals surface area (Å²) in [5.74, 6) is 0.350.